The van der Waals surface area contributed by atoms with Crippen LogP contribution < -0.4 is 10.4 Å². The molecule has 2 aromatic rings. The van der Waals surface area contributed by atoms with Gasteiger partial charge in [0.15, 0.2) is 0 Å². The van der Waals surface area contributed by atoms with Crippen LogP contribution >= 0.6 is 0 Å². The predicted molar refractivity (Wildman–Crippen MR) is 104 cm³/mol. The second kappa shape index (κ2) is 9.59. The molecule has 0 saturated heterocycles. The van der Waals surface area contributed by atoms with E-state index in [0.29, 0.717) is 6.07 Å². The fourth-order valence-corrected chi connectivity index (χ4v) is 3.28. The lowest BCUT2D eigenvalue weighted by Crippen LogP contribution is -2.24. The highest BCUT2D eigenvalue weighted by Gasteiger charge is 2.45. The third kappa shape index (κ3) is 4.48. The van der Waals surface area contributed by atoms with Crippen LogP contribution in [-0.2, 0) is 12.4 Å². The Morgan fingerprint density at radius 1 is 0.556 bits per heavy atom. The van der Waals surface area contributed by atoms with Gasteiger partial charge in [-0.1, -0.05) is 0 Å². The third-order valence-electron chi connectivity index (χ3n) is 4.67. The van der Waals surface area contributed by atoms with Crippen molar-refractivity contribution in [2.45, 2.75) is 12.4 Å². The van der Waals surface area contributed by atoms with Crippen molar-refractivity contribution < 1.29 is 26.3 Å². The quantitative estimate of drug-likeness (QED) is 0.552. The first-order valence-corrected chi connectivity index (χ1v) is 8.93. The second-order valence-electron chi connectivity index (χ2n) is 6.57. The molecule has 172 valence electrons. The molecule has 36 heavy (non-hydrogen) atoms. The van der Waals surface area contributed by atoms with Gasteiger partial charge in [-0.25, -0.2) is 0 Å². The topological polar surface area (TPSA) is 167 Å². The van der Waals surface area contributed by atoms with E-state index in [4.69, 9.17) is 10.5 Å². The lowest BCUT2D eigenvalue weighted by atomic mass is 9.87. The minimum absolute atomic E-state index is 0.119. The molecule has 0 spiro atoms. The first-order valence-electron chi connectivity index (χ1n) is 8.93. The molecule has 0 atom stereocenters. The number of alkyl halides is 6. The van der Waals surface area contributed by atoms with Crippen LogP contribution in [0.4, 0.5) is 26.3 Å². The van der Waals surface area contributed by atoms with Crippen molar-refractivity contribution in [3.8, 4) is 42.5 Å². The summed E-state index contributed by atoms with van der Waals surface area (Å²) in [4.78, 5) is 0. The van der Waals surface area contributed by atoms with Crippen molar-refractivity contribution in [3.63, 3.8) is 0 Å². The molecular formula is C23H3F6N7. The number of nitrogens with zero attached hydrogens (tertiary/aromatic N) is 7. The number of benzene rings is 2. The fourth-order valence-electron chi connectivity index (χ4n) is 3.28. The molecule has 0 saturated carbocycles. The lowest BCUT2D eigenvalue weighted by Gasteiger charge is -2.19. The normalized spacial score (nSPS) is 11.3. The van der Waals surface area contributed by atoms with Gasteiger partial charge in [-0.3, -0.25) is 0 Å². The first kappa shape index (κ1) is 26.4. The van der Waals surface area contributed by atoms with E-state index < -0.39 is 67.7 Å². The molecular weight excluding hydrogens is 488 g/mol. The van der Waals surface area contributed by atoms with E-state index in [-0.39, 0.29) is 11.3 Å². The standard InChI is InChI=1S/C23H3F6N7/c24-22(25,26)20-13(6-32)3-17(21(19(20)10-36)23(27,28)29)18(9-35)16-2-11(4-30)15(1-12(16)5-31)14(7-33)8-34/h1-3H/b18-16+. The van der Waals surface area contributed by atoms with E-state index >= 15 is 0 Å². The number of nitriles is 7. The van der Waals surface area contributed by atoms with Crippen LogP contribution in [0.2, 0.25) is 0 Å². The van der Waals surface area contributed by atoms with Gasteiger partial charge in [0.1, 0.15) is 29.8 Å². The molecule has 0 aliphatic heterocycles. The first-order chi connectivity index (χ1) is 16.8. The zero-order valence-electron chi connectivity index (χ0n) is 17.1. The summed E-state index contributed by atoms with van der Waals surface area (Å²) in [7, 11) is 0. The van der Waals surface area contributed by atoms with Crippen LogP contribution in [0.15, 0.2) is 18.2 Å². The van der Waals surface area contributed by atoms with Gasteiger partial charge in [-0.15, -0.1) is 0 Å². The van der Waals surface area contributed by atoms with Gasteiger partial charge in [0.25, 0.3) is 0 Å². The Balaban J connectivity index is 3.42. The number of hydrogen-bond acceptors (Lipinski definition) is 7. The van der Waals surface area contributed by atoms with E-state index in [0.717, 1.165) is 18.2 Å². The van der Waals surface area contributed by atoms with Crippen LogP contribution in [0, 0.1) is 79.3 Å². The van der Waals surface area contributed by atoms with Crippen LogP contribution in [-0.4, -0.2) is 0 Å². The summed E-state index contributed by atoms with van der Waals surface area (Å²) in [5, 5.41) is 64.1. The Labute approximate surface area is 197 Å². The summed E-state index contributed by atoms with van der Waals surface area (Å²) in [6, 6.07) is 10.8. The Morgan fingerprint density at radius 3 is 1.42 bits per heavy atom. The van der Waals surface area contributed by atoms with E-state index in [1.54, 1.807) is 6.07 Å². The van der Waals surface area contributed by atoms with Crippen LogP contribution in [0.25, 0.3) is 11.1 Å². The van der Waals surface area contributed by atoms with Gasteiger partial charge in [0.2, 0.25) is 0 Å². The minimum atomic E-state index is -5.64. The SMILES string of the molecule is N#CC(C#N)=c1cc(C#N)/c(=C(\C#N)c2cc(C#N)c(C(F)(F)F)c(C#N)c2C(F)(F)F)cc1C#N. The fraction of sp³-hybridized carbons (Fsp3) is 0.0870. The third-order valence-corrected chi connectivity index (χ3v) is 4.67. The van der Waals surface area contributed by atoms with Gasteiger partial charge in [-0.05, 0) is 18.2 Å². The van der Waals surface area contributed by atoms with Gasteiger partial charge in [0.05, 0.1) is 57.2 Å². The molecule has 0 bridgehead atoms. The summed E-state index contributed by atoms with van der Waals surface area (Å²) in [5.41, 5.74) is -11.9. The molecule has 13 heteroatoms. The highest BCUT2D eigenvalue weighted by atomic mass is 19.4. The molecule has 0 radical (unpaired) electrons. The Bertz CT molecular complexity index is 1720. The molecule has 0 amide bonds. The number of halogens is 6. The highest BCUT2D eigenvalue weighted by molar-refractivity contribution is 5.83. The summed E-state index contributed by atoms with van der Waals surface area (Å²) >= 11 is 0. The van der Waals surface area contributed by atoms with Gasteiger partial charge < -0.3 is 0 Å². The molecule has 7 nitrogen and oxygen atoms in total. The Hall–Kier alpha value is -5.81. The van der Waals surface area contributed by atoms with E-state index in [9.17, 15) is 52.7 Å². The molecule has 0 N–H and O–H groups in total. The Morgan fingerprint density at radius 2 is 1.03 bits per heavy atom. The molecule has 0 aliphatic carbocycles. The van der Waals surface area contributed by atoms with Crippen LogP contribution in [0.3, 0.4) is 0 Å². The smallest absolute Gasteiger partial charge is 0.192 e. The molecule has 0 aromatic heterocycles. The molecule has 0 heterocycles. The average Bonchev–Trinajstić information content (AvgIpc) is 2.82. The van der Waals surface area contributed by atoms with Crippen molar-refractivity contribution in [2.24, 2.45) is 0 Å². The van der Waals surface area contributed by atoms with Crippen molar-refractivity contribution in [3.05, 3.63) is 67.6 Å². The molecule has 2 rings (SSSR count). The van der Waals surface area contributed by atoms with E-state index in [1.165, 1.54) is 24.3 Å². The Kier molecular flexibility index (Phi) is 7.04. The van der Waals surface area contributed by atoms with Crippen molar-refractivity contribution in [2.75, 3.05) is 0 Å². The largest absolute Gasteiger partial charge is 0.418 e. The van der Waals surface area contributed by atoms with Crippen LogP contribution in [0.5, 0.6) is 0 Å². The van der Waals surface area contributed by atoms with Crippen molar-refractivity contribution >= 4 is 11.1 Å². The van der Waals surface area contributed by atoms with E-state index in [2.05, 4.69) is 0 Å². The van der Waals surface area contributed by atoms with Crippen LogP contribution in [0.1, 0.15) is 38.9 Å². The molecule has 0 fully saturated rings. The predicted octanol–water partition coefficient (Wildman–Crippen LogP) is 3.13. The summed E-state index contributed by atoms with van der Waals surface area (Å²) < 4.78 is 82.5. The van der Waals surface area contributed by atoms with Gasteiger partial charge in [0, 0.05) is 16.0 Å². The zero-order chi connectivity index (χ0) is 27.4. The zero-order valence-corrected chi connectivity index (χ0v) is 17.1. The van der Waals surface area contributed by atoms with Gasteiger partial charge >= 0.3 is 12.4 Å². The monoisotopic (exact) mass is 491 g/mol. The van der Waals surface area contributed by atoms with Gasteiger partial charge in [-0.2, -0.15) is 63.2 Å². The minimum Gasteiger partial charge on any atom is -0.192 e. The maximum Gasteiger partial charge on any atom is 0.418 e. The number of rotatable bonds is 1. The maximum absolute atomic E-state index is 14.0. The summed E-state index contributed by atoms with van der Waals surface area (Å²) in [6.45, 7) is 0. The molecule has 2 aromatic carbocycles. The summed E-state index contributed by atoms with van der Waals surface area (Å²) in [5.74, 6) is 0. The average molecular weight is 491 g/mol. The second-order valence-corrected chi connectivity index (χ2v) is 6.57. The molecule has 0 aliphatic rings. The number of hydrogen-bond donors (Lipinski definition) is 0. The van der Waals surface area contributed by atoms with E-state index in [1.807, 2.05) is 0 Å². The summed E-state index contributed by atoms with van der Waals surface area (Å²) in [6.07, 6.45) is -11.2. The lowest BCUT2D eigenvalue weighted by molar-refractivity contribution is -0.143. The maximum atomic E-state index is 14.0. The molecule has 0 unspecified atom stereocenters. The van der Waals surface area contributed by atoms with Crippen molar-refractivity contribution in [1.82, 2.24) is 0 Å². The van der Waals surface area contributed by atoms with Crippen molar-refractivity contribution in [1.29, 1.82) is 36.8 Å². The highest BCUT2D eigenvalue weighted by Crippen LogP contribution is 2.44.